The summed E-state index contributed by atoms with van der Waals surface area (Å²) in [6.07, 6.45) is 0. The van der Waals surface area contributed by atoms with E-state index < -0.39 is 0 Å². The molecular formula is C13H18BrClN2. The first-order chi connectivity index (χ1) is 8.19. The first-order valence-corrected chi connectivity index (χ1v) is 7.24. The van der Waals surface area contributed by atoms with Crippen molar-refractivity contribution < 1.29 is 0 Å². The van der Waals surface area contributed by atoms with Gasteiger partial charge in [0.1, 0.15) is 0 Å². The molecule has 17 heavy (non-hydrogen) atoms. The van der Waals surface area contributed by atoms with E-state index in [9.17, 15) is 0 Å². The van der Waals surface area contributed by atoms with Crippen LogP contribution in [0.1, 0.15) is 12.5 Å². The minimum absolute atomic E-state index is 0.859. The van der Waals surface area contributed by atoms with Crippen molar-refractivity contribution in [2.24, 2.45) is 0 Å². The fraction of sp³-hybridized carbons (Fsp3) is 0.538. The van der Waals surface area contributed by atoms with Crippen LogP contribution in [0.5, 0.6) is 0 Å². The number of hydrogen-bond donors (Lipinski definition) is 0. The Morgan fingerprint density at radius 2 is 1.82 bits per heavy atom. The molecule has 0 atom stereocenters. The van der Waals surface area contributed by atoms with Crippen LogP contribution in [-0.4, -0.2) is 42.5 Å². The molecule has 0 N–H and O–H groups in total. The molecule has 0 saturated carbocycles. The Morgan fingerprint density at radius 3 is 2.41 bits per heavy atom. The zero-order valence-corrected chi connectivity index (χ0v) is 12.5. The van der Waals surface area contributed by atoms with Crippen molar-refractivity contribution >= 4 is 27.5 Å². The van der Waals surface area contributed by atoms with Crippen LogP contribution < -0.4 is 0 Å². The molecular weight excluding hydrogens is 300 g/mol. The van der Waals surface area contributed by atoms with Crippen molar-refractivity contribution in [3.63, 3.8) is 0 Å². The van der Waals surface area contributed by atoms with Gasteiger partial charge in [0.25, 0.3) is 0 Å². The first-order valence-electron chi connectivity index (χ1n) is 6.07. The lowest BCUT2D eigenvalue weighted by atomic mass is 10.2. The largest absolute Gasteiger partial charge is 0.301 e. The molecule has 4 heteroatoms. The topological polar surface area (TPSA) is 6.48 Å². The molecule has 0 bridgehead atoms. The second-order valence-corrected chi connectivity index (χ2v) is 5.77. The minimum Gasteiger partial charge on any atom is -0.301 e. The summed E-state index contributed by atoms with van der Waals surface area (Å²) >= 11 is 9.67. The molecule has 1 fully saturated rings. The van der Waals surface area contributed by atoms with Gasteiger partial charge in [-0.2, -0.15) is 0 Å². The van der Waals surface area contributed by atoms with E-state index in [2.05, 4.69) is 44.8 Å². The summed E-state index contributed by atoms with van der Waals surface area (Å²) in [6, 6.07) is 6.14. The van der Waals surface area contributed by atoms with E-state index in [1.807, 2.05) is 6.07 Å². The van der Waals surface area contributed by atoms with Crippen molar-refractivity contribution in [2.45, 2.75) is 13.5 Å². The van der Waals surface area contributed by atoms with E-state index >= 15 is 0 Å². The highest BCUT2D eigenvalue weighted by Crippen LogP contribution is 2.22. The standard InChI is InChI=1S/C13H18BrClN2/c1-2-16-5-7-17(8-6-16)10-11-3-4-12(14)9-13(11)15/h3-4,9H,2,5-8,10H2,1H3. The Morgan fingerprint density at radius 1 is 1.18 bits per heavy atom. The third-order valence-electron chi connectivity index (χ3n) is 3.32. The van der Waals surface area contributed by atoms with Gasteiger partial charge in [-0.05, 0) is 24.2 Å². The SMILES string of the molecule is CCN1CCN(Cc2ccc(Br)cc2Cl)CC1. The van der Waals surface area contributed by atoms with Gasteiger partial charge >= 0.3 is 0 Å². The molecule has 0 aliphatic carbocycles. The maximum atomic E-state index is 6.24. The molecule has 1 aliphatic rings. The van der Waals surface area contributed by atoms with Crippen molar-refractivity contribution in [3.8, 4) is 0 Å². The minimum atomic E-state index is 0.859. The number of benzene rings is 1. The van der Waals surface area contributed by atoms with Gasteiger partial charge < -0.3 is 4.90 Å². The maximum Gasteiger partial charge on any atom is 0.0462 e. The highest BCUT2D eigenvalue weighted by atomic mass is 79.9. The van der Waals surface area contributed by atoms with E-state index in [4.69, 9.17) is 11.6 Å². The molecule has 0 aromatic heterocycles. The lowest BCUT2D eigenvalue weighted by molar-refractivity contribution is 0.132. The van der Waals surface area contributed by atoms with Gasteiger partial charge in [-0.15, -0.1) is 0 Å². The Bertz CT molecular complexity index is 376. The molecule has 1 heterocycles. The number of nitrogens with zero attached hydrogens (tertiary/aromatic N) is 2. The van der Waals surface area contributed by atoms with Crippen LogP contribution >= 0.6 is 27.5 Å². The van der Waals surface area contributed by atoms with Crippen LogP contribution in [-0.2, 0) is 6.54 Å². The fourth-order valence-electron chi connectivity index (χ4n) is 2.15. The van der Waals surface area contributed by atoms with Gasteiger partial charge in [-0.25, -0.2) is 0 Å². The number of hydrogen-bond acceptors (Lipinski definition) is 2. The van der Waals surface area contributed by atoms with E-state index in [-0.39, 0.29) is 0 Å². The molecule has 0 amide bonds. The van der Waals surface area contributed by atoms with Crippen LogP contribution in [0.4, 0.5) is 0 Å². The zero-order chi connectivity index (χ0) is 12.3. The van der Waals surface area contributed by atoms with Crippen LogP contribution in [0, 0.1) is 0 Å². The molecule has 0 radical (unpaired) electrons. The summed E-state index contributed by atoms with van der Waals surface area (Å²) in [5.41, 5.74) is 1.22. The van der Waals surface area contributed by atoms with Crippen LogP contribution in [0.25, 0.3) is 0 Å². The lowest BCUT2D eigenvalue weighted by Gasteiger charge is -2.34. The predicted molar refractivity (Wildman–Crippen MR) is 76.5 cm³/mol. The molecule has 1 saturated heterocycles. The average molecular weight is 318 g/mol. The third-order valence-corrected chi connectivity index (χ3v) is 4.17. The van der Waals surface area contributed by atoms with Gasteiger partial charge in [0.05, 0.1) is 0 Å². The molecule has 2 rings (SSSR count). The molecule has 0 spiro atoms. The Labute approximate surface area is 117 Å². The van der Waals surface area contributed by atoms with Gasteiger partial charge in [-0.1, -0.05) is 40.5 Å². The summed E-state index contributed by atoms with van der Waals surface area (Å²) in [4.78, 5) is 4.96. The van der Waals surface area contributed by atoms with Gasteiger partial charge in [0, 0.05) is 42.2 Å². The third kappa shape index (κ3) is 3.68. The van der Waals surface area contributed by atoms with Crippen molar-refractivity contribution in [3.05, 3.63) is 33.3 Å². The van der Waals surface area contributed by atoms with Gasteiger partial charge in [0.2, 0.25) is 0 Å². The van der Waals surface area contributed by atoms with Gasteiger partial charge in [0.15, 0.2) is 0 Å². The summed E-state index contributed by atoms with van der Waals surface area (Å²) in [7, 11) is 0. The normalized spacial score (nSPS) is 18.5. The highest BCUT2D eigenvalue weighted by molar-refractivity contribution is 9.10. The van der Waals surface area contributed by atoms with E-state index in [1.54, 1.807) is 0 Å². The van der Waals surface area contributed by atoms with Gasteiger partial charge in [-0.3, -0.25) is 4.90 Å². The van der Waals surface area contributed by atoms with E-state index in [1.165, 1.54) is 18.7 Å². The number of rotatable bonds is 3. The lowest BCUT2D eigenvalue weighted by Crippen LogP contribution is -2.45. The van der Waals surface area contributed by atoms with Crippen molar-refractivity contribution in [2.75, 3.05) is 32.7 Å². The molecule has 0 unspecified atom stereocenters. The summed E-state index contributed by atoms with van der Waals surface area (Å²) in [6.45, 7) is 8.97. The van der Waals surface area contributed by atoms with E-state index in [0.29, 0.717) is 0 Å². The Hall–Kier alpha value is -0.0900. The number of piperazine rings is 1. The predicted octanol–water partition coefficient (Wildman–Crippen LogP) is 3.24. The second kappa shape index (κ2) is 6.19. The second-order valence-electron chi connectivity index (χ2n) is 4.45. The number of halogens is 2. The first kappa shape index (κ1) is 13.3. The Kier molecular flexibility index (Phi) is 4.86. The van der Waals surface area contributed by atoms with Crippen molar-refractivity contribution in [1.29, 1.82) is 0 Å². The molecule has 94 valence electrons. The quantitative estimate of drug-likeness (QED) is 0.844. The average Bonchev–Trinajstić information content (AvgIpc) is 2.34. The molecule has 1 aliphatic heterocycles. The summed E-state index contributed by atoms with van der Waals surface area (Å²) in [5.74, 6) is 0. The highest BCUT2D eigenvalue weighted by Gasteiger charge is 2.16. The van der Waals surface area contributed by atoms with Crippen molar-refractivity contribution in [1.82, 2.24) is 9.80 Å². The summed E-state index contributed by atoms with van der Waals surface area (Å²) < 4.78 is 1.04. The van der Waals surface area contributed by atoms with Crippen LogP contribution in [0.15, 0.2) is 22.7 Å². The Balaban J connectivity index is 1.93. The zero-order valence-electron chi connectivity index (χ0n) is 10.1. The molecule has 2 nitrogen and oxygen atoms in total. The molecule has 1 aromatic carbocycles. The summed E-state index contributed by atoms with van der Waals surface area (Å²) in [5, 5.41) is 0.859. The number of likely N-dealkylation sites (N-methyl/N-ethyl adjacent to an activating group) is 1. The van der Waals surface area contributed by atoms with Crippen LogP contribution in [0.2, 0.25) is 5.02 Å². The smallest absolute Gasteiger partial charge is 0.0462 e. The monoisotopic (exact) mass is 316 g/mol. The van der Waals surface area contributed by atoms with E-state index in [0.717, 1.165) is 35.7 Å². The molecule has 1 aromatic rings. The fourth-order valence-corrected chi connectivity index (χ4v) is 2.89. The maximum absolute atomic E-state index is 6.24. The van der Waals surface area contributed by atoms with Crippen LogP contribution in [0.3, 0.4) is 0 Å².